The lowest BCUT2D eigenvalue weighted by atomic mass is 10.0. The first-order valence-electron chi connectivity index (χ1n) is 12.4. The lowest BCUT2D eigenvalue weighted by Crippen LogP contribution is -2.46. The SMILES string of the molecule is COc1ccc([C@H](C(=O)NC[C@H]2CCCO2)N(C(=O)Cn2nnc3ccccc32)c2ccc(F)cc2)cc1. The number of nitrogens with one attached hydrogen (secondary N) is 1. The van der Waals surface area contributed by atoms with Crippen molar-refractivity contribution in [2.45, 2.75) is 31.5 Å². The number of benzene rings is 3. The molecule has 196 valence electrons. The van der Waals surface area contributed by atoms with Crippen LogP contribution in [0, 0.1) is 5.82 Å². The van der Waals surface area contributed by atoms with Crippen LogP contribution in [-0.2, 0) is 20.9 Å². The first-order chi connectivity index (χ1) is 18.5. The highest BCUT2D eigenvalue weighted by molar-refractivity contribution is 6.01. The number of halogens is 1. The maximum absolute atomic E-state index is 14.0. The second kappa shape index (κ2) is 11.4. The summed E-state index contributed by atoms with van der Waals surface area (Å²) in [5.41, 5.74) is 2.27. The van der Waals surface area contributed by atoms with Crippen LogP contribution < -0.4 is 15.0 Å². The third-order valence-corrected chi connectivity index (χ3v) is 6.54. The normalized spacial score (nSPS) is 15.8. The minimum absolute atomic E-state index is 0.0769. The Labute approximate surface area is 219 Å². The van der Waals surface area contributed by atoms with E-state index >= 15 is 0 Å². The van der Waals surface area contributed by atoms with E-state index in [1.54, 1.807) is 37.4 Å². The molecule has 1 saturated heterocycles. The molecule has 2 heterocycles. The highest BCUT2D eigenvalue weighted by Gasteiger charge is 2.34. The molecule has 38 heavy (non-hydrogen) atoms. The van der Waals surface area contributed by atoms with Gasteiger partial charge in [-0.25, -0.2) is 9.07 Å². The Morgan fingerprint density at radius 3 is 2.61 bits per heavy atom. The average molecular weight is 518 g/mol. The van der Waals surface area contributed by atoms with Crippen molar-refractivity contribution in [3.8, 4) is 5.75 Å². The summed E-state index contributed by atoms with van der Waals surface area (Å²) in [4.78, 5) is 29.1. The molecule has 0 aliphatic carbocycles. The third kappa shape index (κ3) is 5.50. The molecule has 0 saturated carbocycles. The van der Waals surface area contributed by atoms with Crippen molar-refractivity contribution in [1.82, 2.24) is 20.3 Å². The van der Waals surface area contributed by atoms with Crippen LogP contribution in [0.5, 0.6) is 5.75 Å². The summed E-state index contributed by atoms with van der Waals surface area (Å²) in [6, 6.07) is 18.7. The molecule has 1 fully saturated rings. The minimum atomic E-state index is -1.05. The Balaban J connectivity index is 1.53. The number of carbonyl (C=O) groups is 2. The molecular weight excluding hydrogens is 489 g/mol. The maximum Gasteiger partial charge on any atom is 0.249 e. The molecule has 1 aliphatic heterocycles. The molecule has 3 aromatic carbocycles. The second-order valence-corrected chi connectivity index (χ2v) is 9.03. The summed E-state index contributed by atoms with van der Waals surface area (Å²) in [6.45, 7) is 0.808. The smallest absolute Gasteiger partial charge is 0.249 e. The molecule has 1 aliphatic rings. The van der Waals surface area contributed by atoms with Gasteiger partial charge >= 0.3 is 0 Å². The second-order valence-electron chi connectivity index (χ2n) is 9.03. The zero-order valence-electron chi connectivity index (χ0n) is 20.9. The number of hydrogen-bond acceptors (Lipinski definition) is 6. The number of para-hydroxylation sites is 1. The Bertz CT molecular complexity index is 1400. The Hall–Kier alpha value is -4.31. The summed E-state index contributed by atoms with van der Waals surface area (Å²) in [5.74, 6) is -0.639. The summed E-state index contributed by atoms with van der Waals surface area (Å²) < 4.78 is 26.3. The highest BCUT2D eigenvalue weighted by atomic mass is 19.1. The van der Waals surface area contributed by atoms with E-state index in [0.717, 1.165) is 12.8 Å². The van der Waals surface area contributed by atoms with Crippen LogP contribution in [0.25, 0.3) is 11.0 Å². The molecule has 10 heteroatoms. The van der Waals surface area contributed by atoms with Crippen molar-refractivity contribution in [2.24, 2.45) is 0 Å². The number of rotatable bonds is 9. The molecule has 1 N–H and O–H groups in total. The number of methoxy groups -OCH3 is 1. The zero-order chi connectivity index (χ0) is 26.5. The van der Waals surface area contributed by atoms with Crippen molar-refractivity contribution in [3.63, 3.8) is 0 Å². The molecule has 0 spiro atoms. The van der Waals surface area contributed by atoms with Gasteiger partial charge in [0.15, 0.2) is 0 Å². The highest BCUT2D eigenvalue weighted by Crippen LogP contribution is 2.30. The Morgan fingerprint density at radius 1 is 1.13 bits per heavy atom. The first-order valence-corrected chi connectivity index (χ1v) is 12.4. The first kappa shape index (κ1) is 25.3. The monoisotopic (exact) mass is 517 g/mol. The summed E-state index contributed by atoms with van der Waals surface area (Å²) in [7, 11) is 1.55. The van der Waals surface area contributed by atoms with Gasteiger partial charge in [0.25, 0.3) is 0 Å². The van der Waals surface area contributed by atoms with Crippen LogP contribution in [0.15, 0.2) is 72.8 Å². The van der Waals surface area contributed by atoms with Crippen LogP contribution in [0.4, 0.5) is 10.1 Å². The lowest BCUT2D eigenvalue weighted by molar-refractivity contribution is -0.127. The van der Waals surface area contributed by atoms with E-state index < -0.39 is 17.8 Å². The fourth-order valence-corrected chi connectivity index (χ4v) is 4.60. The van der Waals surface area contributed by atoms with Crippen molar-refractivity contribution < 1.29 is 23.5 Å². The van der Waals surface area contributed by atoms with Gasteiger partial charge in [0.05, 0.1) is 18.7 Å². The van der Waals surface area contributed by atoms with Crippen LogP contribution in [0.3, 0.4) is 0 Å². The van der Waals surface area contributed by atoms with Gasteiger partial charge in [0.1, 0.15) is 29.7 Å². The van der Waals surface area contributed by atoms with E-state index in [0.29, 0.717) is 41.2 Å². The number of anilines is 1. The molecule has 1 aromatic heterocycles. The molecule has 0 radical (unpaired) electrons. The molecule has 0 unspecified atom stereocenters. The summed E-state index contributed by atoms with van der Waals surface area (Å²) >= 11 is 0. The number of amides is 2. The molecule has 2 atom stereocenters. The number of hydrogen-bond donors (Lipinski definition) is 1. The number of ether oxygens (including phenoxy) is 2. The van der Waals surface area contributed by atoms with Crippen LogP contribution in [-0.4, -0.2) is 53.2 Å². The predicted molar refractivity (Wildman–Crippen MR) is 139 cm³/mol. The fraction of sp³-hybridized carbons (Fsp3) is 0.286. The summed E-state index contributed by atoms with van der Waals surface area (Å²) in [5, 5.41) is 11.2. The fourth-order valence-electron chi connectivity index (χ4n) is 4.60. The van der Waals surface area contributed by atoms with E-state index in [2.05, 4.69) is 15.6 Å². The molecule has 9 nitrogen and oxygen atoms in total. The third-order valence-electron chi connectivity index (χ3n) is 6.54. The predicted octanol–water partition coefficient (Wildman–Crippen LogP) is 3.65. The molecule has 2 amide bonds. The van der Waals surface area contributed by atoms with Gasteiger partial charge < -0.3 is 14.8 Å². The zero-order valence-corrected chi connectivity index (χ0v) is 20.9. The number of carbonyl (C=O) groups excluding carboxylic acids is 2. The van der Waals surface area contributed by atoms with Gasteiger partial charge in [0, 0.05) is 18.8 Å². The van der Waals surface area contributed by atoms with Gasteiger partial charge in [0.2, 0.25) is 11.8 Å². The quantitative estimate of drug-likeness (QED) is 0.364. The minimum Gasteiger partial charge on any atom is -0.497 e. The van der Waals surface area contributed by atoms with Crippen LogP contribution >= 0.6 is 0 Å². The maximum atomic E-state index is 14.0. The standard InChI is InChI=1S/C28H28FN5O4/c1-37-22-14-8-19(9-15-22)27(28(36)30-17-23-5-4-16-38-23)34(21-12-10-20(29)11-13-21)26(35)18-33-25-7-3-2-6-24(25)31-32-33/h2-3,6-15,23,27H,4-5,16-18H2,1H3,(H,30,36)/t23-,27-/m1/s1. The van der Waals surface area contributed by atoms with Crippen molar-refractivity contribution in [1.29, 1.82) is 0 Å². The van der Waals surface area contributed by atoms with E-state index in [1.807, 2.05) is 18.2 Å². The van der Waals surface area contributed by atoms with E-state index in [1.165, 1.54) is 33.8 Å². The lowest BCUT2D eigenvalue weighted by Gasteiger charge is -2.32. The number of nitrogens with zero attached hydrogens (tertiary/aromatic N) is 4. The number of aromatic nitrogens is 3. The molecular formula is C28H28FN5O4. The molecule has 0 bridgehead atoms. The van der Waals surface area contributed by atoms with Crippen molar-refractivity contribution in [3.05, 3.63) is 84.2 Å². The molecule has 4 aromatic rings. The van der Waals surface area contributed by atoms with Gasteiger partial charge in [-0.15, -0.1) is 5.10 Å². The van der Waals surface area contributed by atoms with E-state index in [9.17, 15) is 14.0 Å². The molecule has 5 rings (SSSR count). The topological polar surface area (TPSA) is 98.6 Å². The van der Waals surface area contributed by atoms with Gasteiger partial charge in [-0.3, -0.25) is 14.5 Å². The van der Waals surface area contributed by atoms with Gasteiger partial charge in [-0.2, -0.15) is 0 Å². The Kier molecular flexibility index (Phi) is 7.60. The average Bonchev–Trinajstić information content (AvgIpc) is 3.61. The van der Waals surface area contributed by atoms with Gasteiger partial charge in [-0.05, 0) is 66.9 Å². The van der Waals surface area contributed by atoms with Gasteiger partial charge in [-0.1, -0.05) is 29.5 Å². The largest absolute Gasteiger partial charge is 0.497 e. The van der Waals surface area contributed by atoms with E-state index in [4.69, 9.17) is 9.47 Å². The van der Waals surface area contributed by atoms with Crippen molar-refractivity contribution >= 4 is 28.5 Å². The number of fused-ring (bicyclic) bond motifs is 1. The van der Waals surface area contributed by atoms with E-state index in [-0.39, 0.29) is 18.6 Å². The van der Waals surface area contributed by atoms with Crippen LogP contribution in [0.1, 0.15) is 24.4 Å². The van der Waals surface area contributed by atoms with Crippen LogP contribution in [0.2, 0.25) is 0 Å². The van der Waals surface area contributed by atoms with Crippen molar-refractivity contribution in [2.75, 3.05) is 25.2 Å². The Morgan fingerprint density at radius 2 is 1.89 bits per heavy atom. The summed E-state index contributed by atoms with van der Waals surface area (Å²) in [6.07, 6.45) is 1.72.